The molecule has 0 spiro atoms. The zero-order chi connectivity index (χ0) is 12.5. The van der Waals surface area contributed by atoms with Crippen molar-refractivity contribution in [3.8, 4) is 0 Å². The van der Waals surface area contributed by atoms with Crippen LogP contribution in [0, 0.1) is 0 Å². The number of hydrogen-bond donors (Lipinski definition) is 1. The fraction of sp³-hybridized carbons (Fsp3) is 0.636. The van der Waals surface area contributed by atoms with Gasteiger partial charge in [0.1, 0.15) is 0 Å². The Kier molecular flexibility index (Phi) is 4.28. The van der Waals surface area contributed by atoms with Crippen molar-refractivity contribution in [2.75, 3.05) is 12.8 Å². The highest BCUT2D eigenvalue weighted by atomic mass is 79.9. The van der Waals surface area contributed by atoms with Gasteiger partial charge in [0.05, 0.1) is 17.0 Å². The van der Waals surface area contributed by atoms with Crippen LogP contribution in [-0.2, 0) is 9.84 Å². The minimum Gasteiger partial charge on any atom is -0.311 e. The summed E-state index contributed by atoms with van der Waals surface area (Å²) in [7, 11) is -1.12. The van der Waals surface area contributed by atoms with Gasteiger partial charge >= 0.3 is 0 Å². The van der Waals surface area contributed by atoms with Crippen LogP contribution in [0.4, 0.5) is 0 Å². The smallest absolute Gasteiger partial charge is 0.155 e. The maximum atomic E-state index is 12.1. The molecule has 3 nitrogen and oxygen atoms in total. The highest BCUT2D eigenvalue weighted by Crippen LogP contribution is 2.36. The molecule has 0 saturated carbocycles. The Morgan fingerprint density at radius 1 is 1.53 bits per heavy atom. The van der Waals surface area contributed by atoms with Crippen LogP contribution >= 0.6 is 27.3 Å². The van der Waals surface area contributed by atoms with Crippen LogP contribution in [0.2, 0.25) is 0 Å². The van der Waals surface area contributed by atoms with E-state index >= 15 is 0 Å². The van der Waals surface area contributed by atoms with Crippen LogP contribution in [0.3, 0.4) is 0 Å². The lowest BCUT2D eigenvalue weighted by Gasteiger charge is -2.29. The zero-order valence-electron chi connectivity index (χ0n) is 9.65. The lowest BCUT2D eigenvalue weighted by Crippen LogP contribution is -2.39. The fourth-order valence-electron chi connectivity index (χ4n) is 2.37. The van der Waals surface area contributed by atoms with Crippen LogP contribution in [-0.4, -0.2) is 26.5 Å². The second-order valence-corrected chi connectivity index (χ2v) is 8.44. The average molecular weight is 338 g/mol. The van der Waals surface area contributed by atoms with Crippen LogP contribution in [0.15, 0.2) is 15.9 Å². The Balaban J connectivity index is 2.33. The molecule has 0 amide bonds. The molecule has 6 heteroatoms. The van der Waals surface area contributed by atoms with Gasteiger partial charge in [-0.1, -0.05) is 6.42 Å². The molecule has 0 radical (unpaired) electrons. The van der Waals surface area contributed by atoms with Gasteiger partial charge in [-0.15, -0.1) is 11.3 Å². The average Bonchev–Trinajstić information content (AvgIpc) is 2.68. The summed E-state index contributed by atoms with van der Waals surface area (Å²) in [4.78, 5) is 1.09. The van der Waals surface area contributed by atoms with Gasteiger partial charge in [-0.05, 0) is 47.3 Å². The first kappa shape index (κ1) is 13.5. The van der Waals surface area contributed by atoms with Gasteiger partial charge in [0, 0.05) is 9.35 Å². The molecule has 1 fully saturated rings. The molecule has 0 aromatic carbocycles. The predicted octanol–water partition coefficient (Wildman–Crippen LogP) is 2.74. The number of nitrogens with one attached hydrogen (secondary N) is 1. The van der Waals surface area contributed by atoms with Gasteiger partial charge in [-0.25, -0.2) is 8.42 Å². The minimum atomic E-state index is -2.95. The summed E-state index contributed by atoms with van der Waals surface area (Å²) in [6.07, 6.45) is 2.57. The summed E-state index contributed by atoms with van der Waals surface area (Å²) in [5.74, 6) is 0.332. The maximum Gasteiger partial charge on any atom is 0.155 e. The first-order valence-electron chi connectivity index (χ1n) is 5.68. The van der Waals surface area contributed by atoms with Crippen molar-refractivity contribution in [3.05, 3.63) is 20.8 Å². The lowest BCUT2D eigenvalue weighted by molar-refractivity contribution is 0.472. The van der Waals surface area contributed by atoms with E-state index in [4.69, 9.17) is 0 Å². The third-order valence-electron chi connectivity index (χ3n) is 3.24. The summed E-state index contributed by atoms with van der Waals surface area (Å²) >= 11 is 5.09. The molecular weight excluding hydrogens is 322 g/mol. The van der Waals surface area contributed by atoms with Gasteiger partial charge in [-0.3, -0.25) is 0 Å². The van der Waals surface area contributed by atoms with Gasteiger partial charge in [0.2, 0.25) is 0 Å². The van der Waals surface area contributed by atoms with Crippen molar-refractivity contribution in [2.45, 2.75) is 30.6 Å². The highest BCUT2D eigenvalue weighted by molar-refractivity contribution is 9.10. The second kappa shape index (κ2) is 5.38. The first-order chi connectivity index (χ1) is 8.06. The molecule has 1 aliphatic rings. The maximum absolute atomic E-state index is 12.1. The van der Waals surface area contributed by atoms with E-state index in [0.717, 1.165) is 28.6 Å². The molecule has 1 aliphatic heterocycles. The van der Waals surface area contributed by atoms with E-state index in [1.807, 2.05) is 18.5 Å². The molecule has 17 heavy (non-hydrogen) atoms. The number of thiophene rings is 1. The zero-order valence-corrected chi connectivity index (χ0v) is 12.9. The van der Waals surface area contributed by atoms with E-state index < -0.39 is 9.84 Å². The molecule has 2 unspecified atom stereocenters. The molecule has 1 N–H and O–H groups in total. The Hall–Kier alpha value is 0.0900. The van der Waals surface area contributed by atoms with Crippen molar-refractivity contribution in [2.24, 2.45) is 0 Å². The first-order valence-corrected chi connectivity index (χ1v) is 9.07. The van der Waals surface area contributed by atoms with Crippen LogP contribution < -0.4 is 5.32 Å². The SMILES string of the molecule is CNC(c1sccc1Br)C1CCCCS1(=O)=O. The molecule has 1 saturated heterocycles. The normalized spacial score (nSPS) is 25.6. The molecule has 1 aromatic heterocycles. The van der Waals surface area contributed by atoms with E-state index in [2.05, 4.69) is 21.2 Å². The Bertz CT molecular complexity index is 483. The van der Waals surface area contributed by atoms with Gasteiger partial charge in [0.15, 0.2) is 9.84 Å². The van der Waals surface area contributed by atoms with E-state index in [0.29, 0.717) is 5.75 Å². The molecule has 0 aliphatic carbocycles. The van der Waals surface area contributed by atoms with Crippen molar-refractivity contribution >= 4 is 37.1 Å². The summed E-state index contributed by atoms with van der Waals surface area (Å²) in [6.45, 7) is 0. The second-order valence-electron chi connectivity index (χ2n) is 4.30. The van der Waals surface area contributed by atoms with E-state index in [9.17, 15) is 8.42 Å². The standard InChI is InChI=1S/C11H16BrNO2S2/c1-13-10(11-8(12)5-6-16-11)9-4-2-3-7-17(9,14)15/h5-6,9-10,13H,2-4,7H2,1H3. The molecular formula is C11H16BrNO2S2. The van der Waals surface area contributed by atoms with Crippen molar-refractivity contribution in [1.29, 1.82) is 0 Å². The van der Waals surface area contributed by atoms with Crippen LogP contribution in [0.1, 0.15) is 30.2 Å². The van der Waals surface area contributed by atoms with Crippen molar-refractivity contribution < 1.29 is 8.42 Å². The lowest BCUT2D eigenvalue weighted by atomic mass is 10.1. The molecule has 96 valence electrons. The van der Waals surface area contributed by atoms with E-state index in [1.165, 1.54) is 0 Å². The third kappa shape index (κ3) is 2.75. The molecule has 2 heterocycles. The van der Waals surface area contributed by atoms with Gasteiger partial charge in [0.25, 0.3) is 0 Å². The predicted molar refractivity (Wildman–Crippen MR) is 75.2 cm³/mol. The van der Waals surface area contributed by atoms with E-state index in [1.54, 1.807) is 11.3 Å². The Morgan fingerprint density at radius 2 is 2.29 bits per heavy atom. The molecule has 0 bridgehead atoms. The van der Waals surface area contributed by atoms with Gasteiger partial charge < -0.3 is 5.32 Å². The van der Waals surface area contributed by atoms with Crippen LogP contribution in [0.25, 0.3) is 0 Å². The van der Waals surface area contributed by atoms with Crippen LogP contribution in [0.5, 0.6) is 0 Å². The number of hydrogen-bond acceptors (Lipinski definition) is 4. The number of rotatable bonds is 3. The number of halogens is 1. The Morgan fingerprint density at radius 3 is 2.82 bits per heavy atom. The summed E-state index contributed by atoms with van der Waals surface area (Å²) in [5.41, 5.74) is 0. The van der Waals surface area contributed by atoms with Crippen molar-refractivity contribution in [3.63, 3.8) is 0 Å². The summed E-state index contributed by atoms with van der Waals surface area (Å²) in [6, 6.07) is 1.88. The third-order valence-corrected chi connectivity index (χ3v) is 7.48. The van der Waals surface area contributed by atoms with Crippen molar-refractivity contribution in [1.82, 2.24) is 5.32 Å². The summed E-state index contributed by atoms with van der Waals surface area (Å²) < 4.78 is 25.3. The summed E-state index contributed by atoms with van der Waals surface area (Å²) in [5, 5.41) is 4.88. The van der Waals surface area contributed by atoms with Gasteiger partial charge in [-0.2, -0.15) is 0 Å². The highest BCUT2D eigenvalue weighted by Gasteiger charge is 2.36. The number of sulfone groups is 1. The Labute approximate surface area is 115 Å². The topological polar surface area (TPSA) is 46.2 Å². The minimum absolute atomic E-state index is 0.0883. The fourth-order valence-corrected chi connectivity index (χ4v) is 6.37. The molecule has 1 aromatic rings. The quantitative estimate of drug-likeness (QED) is 0.922. The largest absolute Gasteiger partial charge is 0.311 e. The molecule has 2 atom stereocenters. The molecule has 2 rings (SSSR count). The monoisotopic (exact) mass is 337 g/mol. The van der Waals surface area contributed by atoms with E-state index in [-0.39, 0.29) is 11.3 Å².